The fraction of sp³-hybridized carbons (Fsp3) is 0.650. The van der Waals surface area contributed by atoms with E-state index in [2.05, 4.69) is 61.3 Å². The highest BCUT2D eigenvalue weighted by atomic mass is 16.1. The summed E-state index contributed by atoms with van der Waals surface area (Å²) >= 11 is 0. The topological polar surface area (TPSA) is 63.1 Å². The first kappa shape index (κ1) is 18.8. The number of aromatic nitrogens is 3. The maximum atomic E-state index is 13.2. The lowest BCUT2D eigenvalue weighted by atomic mass is 9.93. The van der Waals surface area contributed by atoms with Crippen molar-refractivity contribution in [2.75, 3.05) is 31.1 Å². The molecule has 6 heteroatoms. The number of hydrogen-bond acceptors (Lipinski definition) is 5. The molecule has 142 valence electrons. The van der Waals surface area contributed by atoms with E-state index < -0.39 is 0 Å². The van der Waals surface area contributed by atoms with Crippen LogP contribution in [-0.4, -0.2) is 40.7 Å². The van der Waals surface area contributed by atoms with E-state index in [1.807, 2.05) is 0 Å². The van der Waals surface area contributed by atoms with Gasteiger partial charge in [-0.25, -0.2) is 4.98 Å². The van der Waals surface area contributed by atoms with E-state index in [1.165, 1.54) is 0 Å². The maximum absolute atomic E-state index is 13.2. The molecular weight excluding hydrogens is 326 g/mol. The van der Waals surface area contributed by atoms with E-state index >= 15 is 0 Å². The molecule has 0 radical (unpaired) electrons. The van der Waals surface area contributed by atoms with E-state index in [4.69, 9.17) is 4.98 Å². The molecule has 1 aliphatic heterocycles. The molecule has 1 aliphatic rings. The zero-order valence-corrected chi connectivity index (χ0v) is 16.8. The summed E-state index contributed by atoms with van der Waals surface area (Å²) in [5, 5.41) is 3.98. The summed E-state index contributed by atoms with van der Waals surface area (Å²) < 4.78 is 2.25. The normalized spacial score (nSPS) is 15.7. The zero-order chi connectivity index (χ0) is 19.0. The molecule has 0 amide bonds. The molecule has 0 aliphatic carbocycles. The van der Waals surface area contributed by atoms with E-state index in [9.17, 15) is 4.79 Å². The second kappa shape index (κ2) is 7.35. The third kappa shape index (κ3) is 3.22. The number of nitrogens with zero attached hydrogens (tertiary/aromatic N) is 4. The summed E-state index contributed by atoms with van der Waals surface area (Å²) in [6, 6.07) is 0.221. The smallest absolute Gasteiger partial charge is 0.227 e. The first-order chi connectivity index (χ1) is 12.3. The van der Waals surface area contributed by atoms with Crippen LogP contribution in [0, 0.1) is 0 Å². The van der Waals surface area contributed by atoms with Crippen LogP contribution in [0.5, 0.6) is 0 Å². The van der Waals surface area contributed by atoms with Gasteiger partial charge in [-0.3, -0.25) is 4.79 Å². The number of anilines is 1. The van der Waals surface area contributed by atoms with Crippen LogP contribution >= 0.6 is 0 Å². The first-order valence-corrected chi connectivity index (χ1v) is 9.73. The van der Waals surface area contributed by atoms with Crippen molar-refractivity contribution in [2.45, 2.75) is 59.4 Å². The van der Waals surface area contributed by atoms with Crippen LogP contribution in [-0.2, 0) is 0 Å². The Bertz CT molecular complexity index is 847. The number of hydrogen-bond donors (Lipinski definition) is 1. The summed E-state index contributed by atoms with van der Waals surface area (Å²) in [6.07, 6.45) is 1.73. The predicted octanol–water partition coefficient (Wildman–Crippen LogP) is 3.03. The number of nitrogens with one attached hydrogen (secondary N) is 1. The minimum atomic E-state index is 0.0856. The first-order valence-electron chi connectivity index (χ1n) is 9.73. The average Bonchev–Trinajstić information content (AvgIpc) is 2.61. The molecule has 6 nitrogen and oxygen atoms in total. The van der Waals surface area contributed by atoms with Crippen LogP contribution in [0.4, 0.5) is 5.95 Å². The van der Waals surface area contributed by atoms with Crippen molar-refractivity contribution in [2.24, 2.45) is 0 Å². The minimum Gasteiger partial charge on any atom is -0.338 e. The summed E-state index contributed by atoms with van der Waals surface area (Å²) in [5.74, 6) is 1.14. The van der Waals surface area contributed by atoms with Crippen molar-refractivity contribution in [1.29, 1.82) is 0 Å². The Labute approximate surface area is 155 Å². The second-order valence-electron chi connectivity index (χ2n) is 8.05. The van der Waals surface area contributed by atoms with Gasteiger partial charge in [0, 0.05) is 49.7 Å². The summed E-state index contributed by atoms with van der Waals surface area (Å²) in [6.45, 7) is 16.5. The SMILES string of the molecule is CC(C)c1c(C(C)C)n(C(C)C)c2nc(N3CCNCC3)ncc2c1=O. The van der Waals surface area contributed by atoms with E-state index in [1.54, 1.807) is 6.20 Å². The average molecular weight is 358 g/mol. The molecule has 1 fully saturated rings. The molecule has 0 atom stereocenters. The van der Waals surface area contributed by atoms with Gasteiger partial charge in [0.05, 0.1) is 5.39 Å². The van der Waals surface area contributed by atoms with E-state index in [0.29, 0.717) is 5.39 Å². The Morgan fingerprint density at radius 1 is 1.04 bits per heavy atom. The molecule has 1 N–H and O–H groups in total. The highest BCUT2D eigenvalue weighted by Gasteiger charge is 2.24. The Balaban J connectivity index is 2.33. The molecule has 0 saturated carbocycles. The van der Waals surface area contributed by atoms with Crippen LogP contribution in [0.25, 0.3) is 11.0 Å². The molecule has 0 aromatic carbocycles. The monoisotopic (exact) mass is 357 g/mol. The van der Waals surface area contributed by atoms with Gasteiger partial charge in [0.15, 0.2) is 5.43 Å². The zero-order valence-electron chi connectivity index (χ0n) is 16.8. The molecular formula is C20H31N5O. The van der Waals surface area contributed by atoms with Gasteiger partial charge < -0.3 is 14.8 Å². The second-order valence-corrected chi connectivity index (χ2v) is 8.05. The number of rotatable bonds is 4. The van der Waals surface area contributed by atoms with Gasteiger partial charge in [0.1, 0.15) is 5.65 Å². The van der Waals surface area contributed by atoms with Crippen LogP contribution in [0.3, 0.4) is 0 Å². The van der Waals surface area contributed by atoms with Gasteiger partial charge in [-0.15, -0.1) is 0 Å². The van der Waals surface area contributed by atoms with Crippen molar-refractivity contribution >= 4 is 17.0 Å². The van der Waals surface area contributed by atoms with Gasteiger partial charge in [-0.2, -0.15) is 4.98 Å². The molecule has 3 rings (SSSR count). The van der Waals surface area contributed by atoms with Gasteiger partial charge in [0.2, 0.25) is 5.95 Å². The molecule has 1 saturated heterocycles. The van der Waals surface area contributed by atoms with Crippen LogP contribution in [0.15, 0.2) is 11.0 Å². The molecule has 0 unspecified atom stereocenters. The summed E-state index contributed by atoms with van der Waals surface area (Å²) in [7, 11) is 0. The number of pyridine rings is 1. The van der Waals surface area contributed by atoms with Gasteiger partial charge >= 0.3 is 0 Å². The Hall–Kier alpha value is -1.95. The van der Waals surface area contributed by atoms with Gasteiger partial charge in [0.25, 0.3) is 0 Å². The fourth-order valence-corrected chi connectivity index (χ4v) is 3.90. The lowest BCUT2D eigenvalue weighted by Gasteiger charge is -2.29. The number of piperazine rings is 1. The minimum absolute atomic E-state index is 0.0856. The lowest BCUT2D eigenvalue weighted by molar-refractivity contribution is 0.551. The molecule has 0 bridgehead atoms. The Kier molecular flexibility index (Phi) is 5.32. The highest BCUT2D eigenvalue weighted by molar-refractivity contribution is 5.77. The van der Waals surface area contributed by atoms with Crippen LogP contribution in [0.1, 0.15) is 70.7 Å². The van der Waals surface area contributed by atoms with Crippen LogP contribution < -0.4 is 15.6 Å². The van der Waals surface area contributed by atoms with Crippen molar-refractivity contribution in [3.05, 3.63) is 27.7 Å². The third-order valence-corrected chi connectivity index (χ3v) is 5.05. The van der Waals surface area contributed by atoms with Gasteiger partial charge in [-0.1, -0.05) is 27.7 Å². The van der Waals surface area contributed by atoms with Gasteiger partial charge in [-0.05, 0) is 25.7 Å². The van der Waals surface area contributed by atoms with Crippen molar-refractivity contribution < 1.29 is 0 Å². The van der Waals surface area contributed by atoms with Crippen LogP contribution in [0.2, 0.25) is 0 Å². The third-order valence-electron chi connectivity index (χ3n) is 5.05. The highest BCUT2D eigenvalue weighted by Crippen LogP contribution is 2.30. The number of fused-ring (bicyclic) bond motifs is 1. The predicted molar refractivity (Wildman–Crippen MR) is 107 cm³/mol. The quantitative estimate of drug-likeness (QED) is 0.911. The lowest BCUT2D eigenvalue weighted by Crippen LogP contribution is -2.44. The van der Waals surface area contributed by atoms with E-state index in [0.717, 1.165) is 49.0 Å². The molecule has 3 heterocycles. The maximum Gasteiger partial charge on any atom is 0.227 e. The Morgan fingerprint density at radius 2 is 1.69 bits per heavy atom. The van der Waals surface area contributed by atoms with Crippen molar-refractivity contribution in [3.63, 3.8) is 0 Å². The molecule has 0 spiro atoms. The fourth-order valence-electron chi connectivity index (χ4n) is 3.90. The molecule has 26 heavy (non-hydrogen) atoms. The largest absolute Gasteiger partial charge is 0.338 e. The summed E-state index contributed by atoms with van der Waals surface area (Å²) in [5.41, 5.74) is 2.86. The molecule has 2 aromatic heterocycles. The standard InChI is InChI=1S/C20H31N5O/c1-12(2)16-17(13(3)4)25(14(5)6)19-15(18(16)26)11-22-20(23-19)24-9-7-21-8-10-24/h11-14,21H,7-10H2,1-6H3. The van der Waals surface area contributed by atoms with Crippen molar-refractivity contribution in [1.82, 2.24) is 19.9 Å². The van der Waals surface area contributed by atoms with Crippen molar-refractivity contribution in [3.8, 4) is 0 Å². The summed E-state index contributed by atoms with van der Waals surface area (Å²) in [4.78, 5) is 24.8. The molecule has 2 aromatic rings. The van der Waals surface area contributed by atoms with E-state index in [-0.39, 0.29) is 23.3 Å². The Morgan fingerprint density at radius 3 is 2.23 bits per heavy atom.